The monoisotopic (exact) mass is 474 g/mol. The molecule has 34 heavy (non-hydrogen) atoms. The normalized spacial score (nSPS) is 12.0. The lowest BCUT2D eigenvalue weighted by Gasteiger charge is -2.20. The lowest BCUT2D eigenvalue weighted by atomic mass is 10.1. The predicted molar refractivity (Wildman–Crippen MR) is 125 cm³/mol. The van der Waals surface area contributed by atoms with Crippen LogP contribution in [0.2, 0.25) is 0 Å². The Balaban J connectivity index is 1.83. The topological polar surface area (TPSA) is 126 Å². The van der Waals surface area contributed by atoms with Crippen LogP contribution in [0.4, 0.5) is 0 Å². The summed E-state index contributed by atoms with van der Waals surface area (Å²) in [5, 5.41) is 14.4. The Morgan fingerprint density at radius 3 is 2.50 bits per heavy atom. The first kappa shape index (κ1) is 26.6. The average molecular weight is 475 g/mol. The van der Waals surface area contributed by atoms with E-state index in [4.69, 9.17) is 14.2 Å². The zero-order valence-corrected chi connectivity index (χ0v) is 19.3. The van der Waals surface area contributed by atoms with Crippen LogP contribution in [-0.2, 0) is 23.9 Å². The van der Waals surface area contributed by atoms with E-state index in [2.05, 4.69) is 10.2 Å². The Bertz CT molecular complexity index is 971. The zero-order chi connectivity index (χ0) is 24.8. The highest BCUT2D eigenvalue weighted by atomic mass is 16.9. The van der Waals surface area contributed by atoms with Crippen molar-refractivity contribution in [3.8, 4) is 5.75 Å². The number of unbranched alkanes of at least 4 members (excludes halogenated alkanes) is 1. The summed E-state index contributed by atoms with van der Waals surface area (Å²) in [5.41, 5.74) is 0. The lowest BCUT2D eigenvalue weighted by molar-refractivity contribution is -0.757. The third-order valence-corrected chi connectivity index (χ3v) is 4.55. The Labute approximate surface area is 197 Å². The molecule has 2 aromatic carbocycles. The summed E-state index contributed by atoms with van der Waals surface area (Å²) >= 11 is 0. The number of hydrogen-bond donors (Lipinski definition) is 1. The molecule has 0 saturated heterocycles. The molecule has 1 unspecified atom stereocenters. The van der Waals surface area contributed by atoms with Crippen LogP contribution in [-0.4, -0.2) is 55.5 Å². The summed E-state index contributed by atoms with van der Waals surface area (Å²) in [4.78, 5) is 38.2. The molecule has 1 atom stereocenters. The molecule has 0 aliphatic rings. The number of carbonyl (C=O) groups is 2. The van der Waals surface area contributed by atoms with Gasteiger partial charge in [-0.25, -0.2) is 9.59 Å². The summed E-state index contributed by atoms with van der Waals surface area (Å²) in [5.74, 6) is -0.726. The highest BCUT2D eigenvalue weighted by Crippen LogP contribution is 2.25. The first-order valence-electron chi connectivity index (χ1n) is 11.0. The van der Waals surface area contributed by atoms with Crippen molar-refractivity contribution in [3.05, 3.63) is 64.7 Å². The molecule has 0 amide bonds. The van der Waals surface area contributed by atoms with Gasteiger partial charge in [0.25, 0.3) is 5.09 Å². The number of hydrogen-bond acceptors (Lipinski definition) is 9. The minimum atomic E-state index is -0.878. The number of esters is 2. The maximum atomic E-state index is 12.2. The molecule has 0 aromatic heterocycles. The van der Waals surface area contributed by atoms with Gasteiger partial charge in [0.15, 0.2) is 0 Å². The van der Waals surface area contributed by atoms with Gasteiger partial charge < -0.3 is 24.4 Å². The Kier molecular flexibility index (Phi) is 11.3. The molecular formula is C24H30N2O8. The Morgan fingerprint density at radius 1 is 1.03 bits per heavy atom. The van der Waals surface area contributed by atoms with E-state index in [-0.39, 0.29) is 25.9 Å². The van der Waals surface area contributed by atoms with Crippen molar-refractivity contribution < 1.29 is 33.7 Å². The quantitative estimate of drug-likeness (QED) is 0.136. The third kappa shape index (κ3) is 10.3. The summed E-state index contributed by atoms with van der Waals surface area (Å²) in [6, 6.07) is 13.8. The molecule has 0 aliphatic carbocycles. The fourth-order valence-electron chi connectivity index (χ4n) is 2.91. The summed E-state index contributed by atoms with van der Waals surface area (Å²) in [6.45, 7) is 4.44. The molecule has 0 aliphatic heterocycles. The number of nitrogens with zero attached hydrogens (tertiary/aromatic N) is 1. The number of benzene rings is 2. The van der Waals surface area contributed by atoms with Gasteiger partial charge in [0, 0.05) is 30.1 Å². The second kappa shape index (κ2) is 14.5. The SMILES string of the molecule is CC(C)NCC(COc1cccc2ccccc12)OC(=O)C=CC(=O)OCCCCO[N+](=O)[O-]. The highest BCUT2D eigenvalue weighted by Gasteiger charge is 2.16. The van der Waals surface area contributed by atoms with Gasteiger partial charge in [-0.15, -0.1) is 10.1 Å². The van der Waals surface area contributed by atoms with E-state index in [1.165, 1.54) is 0 Å². The van der Waals surface area contributed by atoms with Gasteiger partial charge in [0.2, 0.25) is 0 Å². The molecule has 2 rings (SSSR count). The molecule has 0 radical (unpaired) electrons. The minimum Gasteiger partial charge on any atom is -0.489 e. The van der Waals surface area contributed by atoms with Crippen LogP contribution in [0.3, 0.4) is 0 Å². The van der Waals surface area contributed by atoms with E-state index < -0.39 is 23.1 Å². The van der Waals surface area contributed by atoms with Crippen molar-refractivity contribution in [3.63, 3.8) is 0 Å². The van der Waals surface area contributed by atoms with Crippen LogP contribution in [0.25, 0.3) is 10.8 Å². The predicted octanol–water partition coefficient (Wildman–Crippen LogP) is 3.22. The first-order valence-corrected chi connectivity index (χ1v) is 11.0. The smallest absolute Gasteiger partial charge is 0.331 e. The molecular weight excluding hydrogens is 444 g/mol. The number of fused-ring (bicyclic) bond motifs is 1. The molecule has 0 saturated carbocycles. The maximum absolute atomic E-state index is 12.2. The fraction of sp³-hybridized carbons (Fsp3) is 0.417. The van der Waals surface area contributed by atoms with Crippen LogP contribution in [0.15, 0.2) is 54.6 Å². The summed E-state index contributed by atoms with van der Waals surface area (Å²) in [6.07, 6.45) is 2.15. The lowest BCUT2D eigenvalue weighted by Crippen LogP contribution is -2.38. The van der Waals surface area contributed by atoms with Gasteiger partial charge in [-0.1, -0.05) is 50.2 Å². The number of nitrogens with one attached hydrogen (secondary N) is 1. The number of carbonyl (C=O) groups excluding carboxylic acids is 2. The Morgan fingerprint density at radius 2 is 1.74 bits per heavy atom. The highest BCUT2D eigenvalue weighted by molar-refractivity contribution is 5.91. The molecule has 0 spiro atoms. The second-order valence-corrected chi connectivity index (χ2v) is 7.67. The van der Waals surface area contributed by atoms with Crippen molar-refractivity contribution in [1.29, 1.82) is 0 Å². The third-order valence-electron chi connectivity index (χ3n) is 4.55. The first-order chi connectivity index (χ1) is 16.3. The summed E-state index contributed by atoms with van der Waals surface area (Å²) in [7, 11) is 0. The second-order valence-electron chi connectivity index (χ2n) is 7.67. The largest absolute Gasteiger partial charge is 0.489 e. The van der Waals surface area contributed by atoms with Crippen molar-refractivity contribution in [2.45, 2.75) is 38.8 Å². The molecule has 184 valence electrons. The van der Waals surface area contributed by atoms with Gasteiger partial charge in [0.1, 0.15) is 18.5 Å². The van der Waals surface area contributed by atoms with Crippen molar-refractivity contribution in [2.24, 2.45) is 0 Å². The molecule has 0 heterocycles. The number of ether oxygens (including phenoxy) is 3. The van der Waals surface area contributed by atoms with Crippen molar-refractivity contribution in [2.75, 3.05) is 26.4 Å². The van der Waals surface area contributed by atoms with Crippen LogP contribution in [0.1, 0.15) is 26.7 Å². The Hall–Kier alpha value is -3.66. The van der Waals surface area contributed by atoms with E-state index in [1.807, 2.05) is 56.3 Å². The molecule has 0 fully saturated rings. The van der Waals surface area contributed by atoms with Gasteiger partial charge >= 0.3 is 11.9 Å². The van der Waals surface area contributed by atoms with Crippen LogP contribution in [0, 0.1) is 10.1 Å². The van der Waals surface area contributed by atoms with E-state index in [1.54, 1.807) is 0 Å². The van der Waals surface area contributed by atoms with Gasteiger partial charge in [-0.3, -0.25) is 0 Å². The van der Waals surface area contributed by atoms with Gasteiger partial charge in [-0.2, -0.15) is 0 Å². The summed E-state index contributed by atoms with van der Waals surface area (Å²) < 4.78 is 16.4. The maximum Gasteiger partial charge on any atom is 0.331 e. The molecule has 2 aromatic rings. The molecule has 10 nitrogen and oxygen atoms in total. The number of rotatable bonds is 15. The fourth-order valence-corrected chi connectivity index (χ4v) is 2.91. The minimum absolute atomic E-state index is 0.0547. The van der Waals surface area contributed by atoms with E-state index in [0.717, 1.165) is 22.9 Å². The standard InChI is InChI=1S/C24H30N2O8/c1-18(2)25-16-20(17-32-22-11-7-9-19-8-3-4-10-21(19)22)34-24(28)13-12-23(27)31-14-5-6-15-33-26(29)30/h3-4,7-13,18,20,25H,5-6,14-17H2,1-2H3. The van der Waals surface area contributed by atoms with E-state index >= 15 is 0 Å². The van der Waals surface area contributed by atoms with Gasteiger partial charge in [0.05, 0.1) is 13.2 Å². The zero-order valence-electron chi connectivity index (χ0n) is 19.3. The molecule has 1 N–H and O–H groups in total. The van der Waals surface area contributed by atoms with Crippen LogP contribution < -0.4 is 10.1 Å². The van der Waals surface area contributed by atoms with Crippen LogP contribution >= 0.6 is 0 Å². The van der Waals surface area contributed by atoms with Crippen molar-refractivity contribution in [1.82, 2.24) is 5.32 Å². The van der Waals surface area contributed by atoms with E-state index in [9.17, 15) is 19.7 Å². The van der Waals surface area contributed by atoms with Gasteiger partial charge in [-0.05, 0) is 24.3 Å². The van der Waals surface area contributed by atoms with E-state index in [0.29, 0.717) is 25.1 Å². The van der Waals surface area contributed by atoms with Crippen molar-refractivity contribution >= 4 is 22.7 Å². The molecule has 10 heteroatoms. The molecule has 0 bridgehead atoms. The van der Waals surface area contributed by atoms with Crippen LogP contribution in [0.5, 0.6) is 5.75 Å². The average Bonchev–Trinajstić information content (AvgIpc) is 2.81.